The van der Waals surface area contributed by atoms with Crippen LogP contribution in [-0.4, -0.2) is 47.0 Å². The quantitative estimate of drug-likeness (QED) is 0.0982. The Morgan fingerprint density at radius 3 is 1.62 bits per heavy atom. The zero-order valence-corrected chi connectivity index (χ0v) is 24.6. The van der Waals surface area contributed by atoms with Crippen LogP contribution in [0.5, 0.6) is 0 Å². The van der Waals surface area contributed by atoms with E-state index < -0.39 is 20.4 Å². The second kappa shape index (κ2) is 8.91. The van der Waals surface area contributed by atoms with Crippen molar-refractivity contribution in [2.75, 3.05) is 4.90 Å². The van der Waals surface area contributed by atoms with Crippen LogP contribution >= 0.6 is 0 Å². The Hall–Kier alpha value is -3.71. The first-order valence-electron chi connectivity index (χ1n) is 12.7. The van der Waals surface area contributed by atoms with Crippen LogP contribution in [0.1, 0.15) is 24.3 Å². The summed E-state index contributed by atoms with van der Waals surface area (Å²) in [5.74, 6) is -0.315. The number of carbonyl (C=O) groups is 2. The van der Waals surface area contributed by atoms with E-state index in [0.717, 1.165) is 25.1 Å². The van der Waals surface area contributed by atoms with Gasteiger partial charge in [-0.1, -0.05) is 0 Å². The molecule has 0 spiro atoms. The van der Waals surface area contributed by atoms with Gasteiger partial charge in [-0.3, -0.25) is 0 Å². The molecule has 2 aliphatic rings. The van der Waals surface area contributed by atoms with Gasteiger partial charge in [0.2, 0.25) is 0 Å². The maximum absolute atomic E-state index is 13.8. The number of para-hydroxylation sites is 2. The fourth-order valence-corrected chi connectivity index (χ4v) is 10.8. The first-order chi connectivity index (χ1) is 19.2. The third-order valence-electron chi connectivity index (χ3n) is 7.43. The molecule has 5 aromatic carbocycles. The Labute approximate surface area is 241 Å². The van der Waals surface area contributed by atoms with Crippen LogP contribution in [0, 0.1) is 0 Å². The number of carbonyl (C=O) groups excluding carboxylic acids is 2. The van der Waals surface area contributed by atoms with Crippen LogP contribution in [0.4, 0.5) is 15.1 Å². The Kier molecular flexibility index (Phi) is 5.30. The van der Waals surface area contributed by atoms with Crippen molar-refractivity contribution in [1.29, 1.82) is 0 Å². The zero-order valence-electron chi connectivity index (χ0n) is 20.5. The number of Topliss-reactive ketones (excluding diaryl/α,β-unsaturated/α-hetero) is 2. The van der Waals surface area contributed by atoms with Gasteiger partial charge in [0, 0.05) is 0 Å². The molecule has 1 aromatic heterocycles. The van der Waals surface area contributed by atoms with Gasteiger partial charge in [0.05, 0.1) is 0 Å². The van der Waals surface area contributed by atoms with E-state index in [9.17, 15) is 9.59 Å². The zero-order chi connectivity index (χ0) is 26.1. The predicted octanol–water partition coefficient (Wildman–Crippen LogP) is 5.95. The summed E-state index contributed by atoms with van der Waals surface area (Å²) in [4.78, 5) is 30.1. The summed E-state index contributed by atoms with van der Waals surface area (Å²) in [7, 11) is 0. The summed E-state index contributed by atoms with van der Waals surface area (Å²) < 4.78 is 5.12. The molecular weight excluding hydrogens is 661 g/mol. The van der Waals surface area contributed by atoms with E-state index in [1.165, 1.54) is 24.0 Å². The van der Waals surface area contributed by atoms with Gasteiger partial charge in [-0.2, -0.15) is 0 Å². The number of nitrogens with zero attached hydrogens (tertiary/aromatic N) is 1. The molecule has 0 N–H and O–H groups in total. The third kappa shape index (κ3) is 3.48. The summed E-state index contributed by atoms with van der Waals surface area (Å²) in [6.07, 6.45) is 1.88. The average Bonchev–Trinajstić information content (AvgIpc) is 3.54. The first-order valence-corrected chi connectivity index (χ1v) is 16.7. The Bertz CT molecular complexity index is 1930. The molecule has 0 saturated heterocycles. The molecule has 1 aliphatic carbocycles. The van der Waals surface area contributed by atoms with Gasteiger partial charge in [-0.15, -0.1) is 0 Å². The van der Waals surface area contributed by atoms with Gasteiger partial charge >= 0.3 is 243 Å². The summed E-state index contributed by atoms with van der Waals surface area (Å²) >= 11 is -0.559. The van der Waals surface area contributed by atoms with Crippen molar-refractivity contribution >= 4 is 98.6 Å². The SMILES string of the molecule is O=C1C(=Cc2ccc(N3c4ccccc4[Se]c4ccccc43)[te]2)C(=O)c2c1c1ccccc1c1ccccc21. The summed E-state index contributed by atoms with van der Waals surface area (Å²) in [6, 6.07) is 37.4. The summed E-state index contributed by atoms with van der Waals surface area (Å²) in [5.41, 5.74) is 3.88. The number of rotatable bonds is 2. The number of benzene rings is 5. The Morgan fingerprint density at radius 1 is 0.564 bits per heavy atom. The van der Waals surface area contributed by atoms with E-state index in [1.807, 2.05) is 54.6 Å². The molecule has 8 rings (SSSR count). The van der Waals surface area contributed by atoms with Gasteiger partial charge in [0.1, 0.15) is 0 Å². The minimum atomic E-state index is -0.824. The molecule has 0 unspecified atom stereocenters. The van der Waals surface area contributed by atoms with Gasteiger partial charge in [0.15, 0.2) is 0 Å². The molecule has 0 amide bonds. The van der Waals surface area contributed by atoms with Gasteiger partial charge < -0.3 is 0 Å². The van der Waals surface area contributed by atoms with Gasteiger partial charge in [-0.05, 0) is 0 Å². The maximum atomic E-state index is 13.8. The molecule has 1 aliphatic heterocycles. The molecule has 5 heteroatoms. The van der Waals surface area contributed by atoms with Crippen LogP contribution in [-0.2, 0) is 0 Å². The second-order valence-electron chi connectivity index (χ2n) is 9.61. The topological polar surface area (TPSA) is 37.4 Å². The van der Waals surface area contributed by atoms with E-state index in [0.29, 0.717) is 16.7 Å². The number of ketones is 2. The standard InChI is InChI=1S/C34H19NO2SeTe/c36-33-25(34(37)32-24-12-4-2-10-22(24)21-9-1-3-11-23(21)31(32)33)19-20-17-18-30(39-20)35-26-13-5-7-15-28(26)38-29-16-8-6-14-27(29)35/h1-19H. The molecule has 0 fully saturated rings. The van der Waals surface area contributed by atoms with Gasteiger partial charge in [0.25, 0.3) is 0 Å². The predicted molar refractivity (Wildman–Crippen MR) is 161 cm³/mol. The van der Waals surface area contributed by atoms with Crippen molar-refractivity contribution in [3.05, 3.63) is 129 Å². The minimum absolute atomic E-state index is 0.157. The number of allylic oxidation sites excluding steroid dienone is 1. The molecule has 0 saturated carbocycles. The first kappa shape index (κ1) is 23.2. The fraction of sp³-hybridized carbons (Fsp3) is 0. The fourth-order valence-electron chi connectivity index (χ4n) is 5.74. The van der Waals surface area contributed by atoms with Crippen LogP contribution in [0.25, 0.3) is 27.6 Å². The number of anilines is 3. The van der Waals surface area contributed by atoms with E-state index >= 15 is 0 Å². The van der Waals surface area contributed by atoms with Crippen molar-refractivity contribution in [2.24, 2.45) is 0 Å². The molecule has 0 bridgehead atoms. The van der Waals surface area contributed by atoms with Crippen LogP contribution in [0.3, 0.4) is 0 Å². The normalized spacial score (nSPS) is 14.1. The van der Waals surface area contributed by atoms with E-state index in [2.05, 4.69) is 65.6 Å². The van der Waals surface area contributed by atoms with Crippen molar-refractivity contribution in [3.63, 3.8) is 0 Å². The van der Waals surface area contributed by atoms with Crippen molar-refractivity contribution < 1.29 is 9.59 Å². The summed E-state index contributed by atoms with van der Waals surface area (Å²) in [5, 5.41) is 3.73. The van der Waals surface area contributed by atoms with E-state index in [4.69, 9.17) is 0 Å². The molecule has 184 valence electrons. The van der Waals surface area contributed by atoms with Crippen molar-refractivity contribution in [3.8, 4) is 0 Å². The molecule has 6 aromatic rings. The number of fused-ring (bicyclic) bond motifs is 8. The monoisotopic (exact) mass is 683 g/mol. The van der Waals surface area contributed by atoms with Crippen molar-refractivity contribution in [1.82, 2.24) is 0 Å². The summed E-state index contributed by atoms with van der Waals surface area (Å²) in [6.45, 7) is 0. The number of hydrogen-bond donors (Lipinski definition) is 0. The van der Waals surface area contributed by atoms with E-state index in [-0.39, 0.29) is 26.5 Å². The molecule has 0 radical (unpaired) electrons. The average molecular weight is 680 g/mol. The molecule has 2 heterocycles. The second-order valence-corrected chi connectivity index (χ2v) is 15.0. The van der Waals surface area contributed by atoms with Gasteiger partial charge in [-0.25, -0.2) is 0 Å². The van der Waals surface area contributed by atoms with Crippen LogP contribution < -0.4 is 13.8 Å². The number of hydrogen-bond acceptors (Lipinski definition) is 3. The van der Waals surface area contributed by atoms with Crippen LogP contribution in [0.15, 0.2) is 115 Å². The molecule has 3 nitrogen and oxygen atoms in total. The van der Waals surface area contributed by atoms with Crippen LogP contribution in [0.2, 0.25) is 0 Å². The Balaban J connectivity index is 1.26. The molecule has 0 atom stereocenters. The van der Waals surface area contributed by atoms with E-state index in [1.54, 1.807) is 0 Å². The molecular formula is C34H19NO2SeTe. The van der Waals surface area contributed by atoms with Crippen molar-refractivity contribution in [2.45, 2.75) is 0 Å². The Morgan fingerprint density at radius 2 is 1.05 bits per heavy atom. The third-order valence-corrected chi connectivity index (χ3v) is 12.7. The molecule has 39 heavy (non-hydrogen) atoms.